The lowest BCUT2D eigenvalue weighted by Gasteiger charge is -2.34. The first-order chi connectivity index (χ1) is 16.9. The Bertz CT molecular complexity index is 1190. The van der Waals surface area contributed by atoms with Crippen LogP contribution in [0, 0.1) is 12.8 Å². The summed E-state index contributed by atoms with van der Waals surface area (Å²) in [6.07, 6.45) is 3.65. The highest BCUT2D eigenvalue weighted by Crippen LogP contribution is 2.35. The van der Waals surface area contributed by atoms with Crippen LogP contribution in [0.2, 0.25) is 0 Å². The molecule has 1 aromatic carbocycles. The topological polar surface area (TPSA) is 90.7 Å². The van der Waals surface area contributed by atoms with Crippen LogP contribution in [0.1, 0.15) is 36.6 Å². The Morgan fingerprint density at radius 1 is 1.14 bits per heavy atom. The Kier molecular flexibility index (Phi) is 7.75. The molecule has 2 aromatic heterocycles. The molecule has 1 aliphatic heterocycles. The van der Waals surface area contributed by atoms with E-state index in [-0.39, 0.29) is 11.9 Å². The minimum absolute atomic E-state index is 0.129. The summed E-state index contributed by atoms with van der Waals surface area (Å²) in [6, 6.07) is 6.01. The van der Waals surface area contributed by atoms with E-state index in [4.69, 9.17) is 19.2 Å². The Morgan fingerprint density at radius 3 is 2.57 bits per heavy atom. The SMILES string of the molecule is CCOC(=O)[C@@H]1CCCN(c2nc3cc(OC)c(OC)cc3cc2CNCc2cnn(C)c2C)C1. The van der Waals surface area contributed by atoms with Crippen molar-refractivity contribution in [1.29, 1.82) is 0 Å². The van der Waals surface area contributed by atoms with Crippen molar-refractivity contribution in [1.82, 2.24) is 20.1 Å². The lowest BCUT2D eigenvalue weighted by atomic mass is 9.97. The van der Waals surface area contributed by atoms with Gasteiger partial charge in [0.15, 0.2) is 11.5 Å². The van der Waals surface area contributed by atoms with Crippen LogP contribution in [-0.4, -0.2) is 54.6 Å². The summed E-state index contributed by atoms with van der Waals surface area (Å²) >= 11 is 0. The number of fused-ring (bicyclic) bond motifs is 1. The van der Waals surface area contributed by atoms with Gasteiger partial charge >= 0.3 is 5.97 Å². The number of carbonyl (C=O) groups is 1. The third kappa shape index (κ3) is 5.35. The van der Waals surface area contributed by atoms with E-state index in [9.17, 15) is 4.79 Å². The summed E-state index contributed by atoms with van der Waals surface area (Å²) in [6.45, 7) is 7.08. The van der Waals surface area contributed by atoms with E-state index in [1.54, 1.807) is 14.2 Å². The number of methoxy groups -OCH3 is 2. The lowest BCUT2D eigenvalue weighted by Crippen LogP contribution is -2.40. The Morgan fingerprint density at radius 2 is 1.89 bits per heavy atom. The highest BCUT2D eigenvalue weighted by Gasteiger charge is 2.29. The summed E-state index contributed by atoms with van der Waals surface area (Å²) in [7, 11) is 5.20. The molecule has 1 atom stereocenters. The second kappa shape index (κ2) is 10.9. The van der Waals surface area contributed by atoms with Crippen LogP contribution < -0.4 is 19.7 Å². The monoisotopic (exact) mass is 481 g/mol. The Labute approximate surface area is 206 Å². The number of aryl methyl sites for hydroxylation is 1. The third-order valence-corrected chi connectivity index (χ3v) is 6.68. The molecule has 9 nitrogen and oxygen atoms in total. The summed E-state index contributed by atoms with van der Waals surface area (Å²) < 4.78 is 18.2. The number of ether oxygens (including phenoxy) is 3. The summed E-state index contributed by atoms with van der Waals surface area (Å²) in [5.74, 6) is 1.91. The van der Waals surface area contributed by atoms with Crippen molar-refractivity contribution >= 4 is 22.7 Å². The first-order valence-corrected chi connectivity index (χ1v) is 12.1. The molecule has 9 heteroatoms. The number of esters is 1. The zero-order valence-electron chi connectivity index (χ0n) is 21.3. The van der Waals surface area contributed by atoms with E-state index in [0.29, 0.717) is 37.7 Å². The number of rotatable bonds is 9. The maximum atomic E-state index is 12.5. The number of nitrogens with one attached hydrogen (secondary N) is 1. The zero-order valence-corrected chi connectivity index (χ0v) is 21.3. The molecule has 0 radical (unpaired) electrons. The fourth-order valence-corrected chi connectivity index (χ4v) is 4.61. The predicted octanol–water partition coefficient (Wildman–Crippen LogP) is 3.36. The highest BCUT2D eigenvalue weighted by molar-refractivity contribution is 5.85. The molecule has 1 N–H and O–H groups in total. The third-order valence-electron chi connectivity index (χ3n) is 6.68. The number of anilines is 1. The first kappa shape index (κ1) is 24.8. The maximum Gasteiger partial charge on any atom is 0.310 e. The molecule has 0 bridgehead atoms. The Hall–Kier alpha value is -3.33. The molecule has 1 fully saturated rings. The molecule has 0 amide bonds. The van der Waals surface area contributed by atoms with Gasteiger partial charge in [-0.15, -0.1) is 0 Å². The standard InChI is InChI=1S/C26H35N5O4/c1-6-35-26(32)18-8-7-9-31(16-18)25-20(13-27-14-21-15-28-30(3)17(21)2)10-19-11-23(33-4)24(34-5)12-22(19)29-25/h10-12,15,18,27H,6-9,13-14,16H2,1-5H3/t18-/m1/s1. The van der Waals surface area contributed by atoms with Crippen molar-refractivity contribution in [3.8, 4) is 11.5 Å². The predicted molar refractivity (Wildman–Crippen MR) is 135 cm³/mol. The van der Waals surface area contributed by atoms with Gasteiger partial charge in [0.25, 0.3) is 0 Å². The van der Waals surface area contributed by atoms with Gasteiger partial charge in [-0.3, -0.25) is 9.48 Å². The van der Waals surface area contributed by atoms with Crippen molar-refractivity contribution in [2.75, 3.05) is 38.8 Å². The summed E-state index contributed by atoms with van der Waals surface area (Å²) in [5.41, 5.74) is 4.19. The van der Waals surface area contributed by atoms with Crippen LogP contribution in [0.4, 0.5) is 5.82 Å². The number of nitrogens with zero attached hydrogens (tertiary/aromatic N) is 4. The van der Waals surface area contributed by atoms with Gasteiger partial charge in [0.05, 0.1) is 38.5 Å². The van der Waals surface area contributed by atoms with Crippen LogP contribution in [0.3, 0.4) is 0 Å². The van der Waals surface area contributed by atoms with E-state index in [2.05, 4.69) is 28.3 Å². The average molecular weight is 482 g/mol. The van der Waals surface area contributed by atoms with Gasteiger partial charge in [-0.25, -0.2) is 4.98 Å². The molecule has 3 heterocycles. The van der Waals surface area contributed by atoms with Crippen LogP contribution in [0.5, 0.6) is 11.5 Å². The van der Waals surface area contributed by atoms with Crippen LogP contribution in [-0.2, 0) is 29.7 Å². The van der Waals surface area contributed by atoms with E-state index < -0.39 is 0 Å². The number of hydrogen-bond donors (Lipinski definition) is 1. The van der Waals surface area contributed by atoms with E-state index >= 15 is 0 Å². The fraction of sp³-hybridized carbons (Fsp3) is 0.500. The van der Waals surface area contributed by atoms with E-state index in [1.807, 2.05) is 37.0 Å². The number of aromatic nitrogens is 3. The summed E-state index contributed by atoms with van der Waals surface area (Å²) in [5, 5.41) is 8.86. The van der Waals surface area contributed by atoms with Crippen molar-refractivity contribution < 1.29 is 19.0 Å². The van der Waals surface area contributed by atoms with Gasteiger partial charge < -0.3 is 24.4 Å². The zero-order chi connectivity index (χ0) is 24.9. The lowest BCUT2D eigenvalue weighted by molar-refractivity contribution is -0.148. The molecule has 1 saturated heterocycles. The van der Waals surface area contributed by atoms with Crippen LogP contribution in [0.25, 0.3) is 10.9 Å². The molecule has 35 heavy (non-hydrogen) atoms. The van der Waals surface area contributed by atoms with Gasteiger partial charge in [0.1, 0.15) is 5.82 Å². The quantitative estimate of drug-likeness (QED) is 0.465. The van der Waals surface area contributed by atoms with Crippen molar-refractivity contribution in [2.45, 2.75) is 39.8 Å². The normalized spacial score (nSPS) is 15.9. The van der Waals surface area contributed by atoms with Gasteiger partial charge in [0.2, 0.25) is 0 Å². The molecule has 0 unspecified atom stereocenters. The smallest absolute Gasteiger partial charge is 0.310 e. The molecular weight excluding hydrogens is 446 g/mol. The molecule has 0 saturated carbocycles. The molecule has 3 aromatic rings. The minimum Gasteiger partial charge on any atom is -0.493 e. The number of hydrogen-bond acceptors (Lipinski definition) is 8. The first-order valence-electron chi connectivity index (χ1n) is 12.1. The molecule has 0 aliphatic carbocycles. The van der Waals surface area contributed by atoms with Crippen LogP contribution >= 0.6 is 0 Å². The molecule has 0 spiro atoms. The highest BCUT2D eigenvalue weighted by atomic mass is 16.5. The van der Waals surface area contributed by atoms with Crippen molar-refractivity contribution in [3.05, 3.63) is 41.2 Å². The maximum absolute atomic E-state index is 12.5. The number of piperidine rings is 1. The van der Waals surface area contributed by atoms with Crippen molar-refractivity contribution in [3.63, 3.8) is 0 Å². The fourth-order valence-electron chi connectivity index (χ4n) is 4.61. The number of benzene rings is 1. The second-order valence-corrected chi connectivity index (χ2v) is 8.89. The average Bonchev–Trinajstić information content (AvgIpc) is 3.20. The minimum atomic E-state index is -0.148. The largest absolute Gasteiger partial charge is 0.493 e. The van der Waals surface area contributed by atoms with Crippen molar-refractivity contribution in [2.24, 2.45) is 13.0 Å². The van der Waals surface area contributed by atoms with Gasteiger partial charge in [0, 0.05) is 61.5 Å². The van der Waals surface area contributed by atoms with E-state index in [1.165, 1.54) is 0 Å². The molecule has 188 valence electrons. The molecular formula is C26H35N5O4. The van der Waals surface area contributed by atoms with Gasteiger partial charge in [-0.1, -0.05) is 0 Å². The summed E-state index contributed by atoms with van der Waals surface area (Å²) in [4.78, 5) is 19.7. The van der Waals surface area contributed by atoms with Crippen LogP contribution in [0.15, 0.2) is 24.4 Å². The van der Waals surface area contributed by atoms with E-state index in [0.717, 1.165) is 52.9 Å². The molecule has 4 rings (SSSR count). The van der Waals surface area contributed by atoms with Gasteiger partial charge in [-0.05, 0) is 38.8 Å². The second-order valence-electron chi connectivity index (χ2n) is 8.89. The Balaban J connectivity index is 1.66. The number of carbonyl (C=O) groups excluding carboxylic acids is 1. The van der Waals surface area contributed by atoms with Gasteiger partial charge in [-0.2, -0.15) is 5.10 Å². The number of pyridine rings is 1. The molecule has 1 aliphatic rings.